The molecule has 0 N–H and O–H groups in total. The van der Waals surface area contributed by atoms with Gasteiger partial charge in [0, 0.05) is 11.1 Å². The highest BCUT2D eigenvalue weighted by Crippen LogP contribution is 2.19. The second-order valence-corrected chi connectivity index (χ2v) is 5.33. The minimum absolute atomic E-state index is 0.0822. The van der Waals surface area contributed by atoms with Gasteiger partial charge in [-0.1, -0.05) is 78.9 Å². The summed E-state index contributed by atoms with van der Waals surface area (Å²) in [6.45, 7) is 0. The van der Waals surface area contributed by atoms with E-state index >= 15 is 0 Å². The fraction of sp³-hybridized carbons (Fsp3) is 0. The molecule has 3 nitrogen and oxygen atoms in total. The average Bonchev–Trinajstić information content (AvgIpc) is 2.70. The van der Waals surface area contributed by atoms with Gasteiger partial charge in [-0.15, -0.1) is 0 Å². The van der Waals surface area contributed by atoms with Crippen LogP contribution in [0.25, 0.3) is 0 Å². The lowest BCUT2D eigenvalue weighted by Crippen LogP contribution is -2.15. The second kappa shape index (κ2) is 7.82. The van der Waals surface area contributed by atoms with E-state index in [2.05, 4.69) is 4.99 Å². The van der Waals surface area contributed by atoms with Crippen LogP contribution in [0.5, 0.6) is 0 Å². The van der Waals surface area contributed by atoms with Crippen molar-refractivity contribution in [2.45, 2.75) is 0 Å². The molecule has 0 fully saturated rings. The van der Waals surface area contributed by atoms with Crippen molar-refractivity contribution in [3.05, 3.63) is 108 Å². The van der Waals surface area contributed by atoms with Gasteiger partial charge in [0.25, 0.3) is 0 Å². The van der Waals surface area contributed by atoms with Gasteiger partial charge in [0.05, 0.1) is 11.4 Å². The topological polar surface area (TPSA) is 46.5 Å². The molecule has 3 aromatic carbocycles. The van der Waals surface area contributed by atoms with Gasteiger partial charge in [-0.05, 0) is 12.1 Å². The average molecular weight is 326 g/mol. The van der Waals surface area contributed by atoms with E-state index in [0.29, 0.717) is 22.5 Å². The number of hydrogen-bond donors (Lipinski definition) is 0. The zero-order chi connectivity index (χ0) is 17.5. The number of allylic oxidation sites excluding steroid dienone is 1. The largest absolute Gasteiger partial charge is 0.288 e. The molecule has 0 bridgehead atoms. The fourth-order valence-electron chi connectivity index (χ4n) is 2.43. The van der Waals surface area contributed by atoms with Gasteiger partial charge in [0.1, 0.15) is 11.5 Å². The molecule has 3 aromatic rings. The number of benzene rings is 3. The summed E-state index contributed by atoms with van der Waals surface area (Å²) in [4.78, 5) is 29.0. The van der Waals surface area contributed by atoms with Gasteiger partial charge in [0.2, 0.25) is 5.78 Å². The fourth-order valence-corrected chi connectivity index (χ4v) is 2.43. The lowest BCUT2D eigenvalue weighted by molar-refractivity contribution is 0.104. The Labute approximate surface area is 146 Å². The molecule has 0 aliphatic rings. The molecule has 0 amide bonds. The molecule has 0 aliphatic carbocycles. The first-order chi connectivity index (χ1) is 12.3. The van der Waals surface area contributed by atoms with Crippen LogP contribution in [-0.2, 0) is 4.79 Å². The van der Waals surface area contributed by atoms with E-state index in [1.54, 1.807) is 30.2 Å². The summed E-state index contributed by atoms with van der Waals surface area (Å²) in [5, 5.41) is 0. The Bertz CT molecular complexity index is 939. The first kappa shape index (κ1) is 16.3. The highest BCUT2D eigenvalue weighted by atomic mass is 16.2. The van der Waals surface area contributed by atoms with Crippen molar-refractivity contribution in [3.63, 3.8) is 0 Å². The van der Waals surface area contributed by atoms with Crippen LogP contribution in [0.15, 0.2) is 102 Å². The minimum atomic E-state index is -0.394. The van der Waals surface area contributed by atoms with Crippen LogP contribution in [0.2, 0.25) is 0 Å². The van der Waals surface area contributed by atoms with Gasteiger partial charge in [0.15, 0.2) is 0 Å². The molecule has 0 spiro atoms. The predicted octanol–water partition coefficient (Wildman–Crippen LogP) is 4.45. The van der Waals surface area contributed by atoms with Crippen molar-refractivity contribution in [3.8, 4) is 0 Å². The molecule has 0 radical (unpaired) electrons. The van der Waals surface area contributed by atoms with Crippen molar-refractivity contribution >= 4 is 23.1 Å². The Hall–Kier alpha value is -3.55. The van der Waals surface area contributed by atoms with Crippen LogP contribution >= 0.6 is 0 Å². The molecule has 0 saturated heterocycles. The van der Waals surface area contributed by atoms with Crippen molar-refractivity contribution in [2.24, 2.45) is 4.99 Å². The van der Waals surface area contributed by atoms with Crippen LogP contribution in [0.3, 0.4) is 0 Å². The predicted molar refractivity (Wildman–Crippen MR) is 99.1 cm³/mol. The molecule has 0 unspecified atom stereocenters. The summed E-state index contributed by atoms with van der Waals surface area (Å²) in [6, 6.07) is 27.1. The Morgan fingerprint density at radius 2 is 1.16 bits per heavy atom. The minimum Gasteiger partial charge on any atom is -0.288 e. The molecule has 0 heterocycles. The number of para-hydroxylation sites is 1. The molecule has 0 atom stereocenters. The van der Waals surface area contributed by atoms with Crippen molar-refractivity contribution in [2.75, 3.05) is 0 Å². The van der Waals surface area contributed by atoms with Crippen LogP contribution in [-0.4, -0.2) is 17.4 Å². The van der Waals surface area contributed by atoms with Crippen LogP contribution in [0.4, 0.5) is 5.69 Å². The maximum Gasteiger partial charge on any atom is 0.206 e. The third kappa shape index (κ3) is 3.86. The van der Waals surface area contributed by atoms with Crippen LogP contribution in [0, 0.1) is 0 Å². The summed E-state index contributed by atoms with van der Waals surface area (Å²) in [5.74, 6) is 1.41. The number of carbonyl (C=O) groups excluding carboxylic acids is 2. The van der Waals surface area contributed by atoms with E-state index in [1.165, 1.54) is 0 Å². The maximum absolute atomic E-state index is 12.8. The zero-order valence-electron chi connectivity index (χ0n) is 13.4. The molecule has 3 rings (SSSR count). The van der Waals surface area contributed by atoms with Crippen molar-refractivity contribution < 1.29 is 9.59 Å². The van der Waals surface area contributed by atoms with E-state index in [4.69, 9.17) is 0 Å². The lowest BCUT2D eigenvalue weighted by Gasteiger charge is -2.08. The number of aliphatic imine (C=N–C) groups is 1. The molecule has 25 heavy (non-hydrogen) atoms. The number of hydrogen-bond acceptors (Lipinski definition) is 3. The van der Waals surface area contributed by atoms with E-state index in [0.717, 1.165) is 0 Å². The molecule has 120 valence electrons. The number of nitrogens with zero attached hydrogens (tertiary/aromatic N) is 1. The molecular formula is C22H15NO2. The Morgan fingerprint density at radius 1 is 0.680 bits per heavy atom. The zero-order valence-corrected chi connectivity index (χ0v) is 13.4. The van der Waals surface area contributed by atoms with E-state index < -0.39 is 5.78 Å². The molecule has 0 saturated carbocycles. The smallest absolute Gasteiger partial charge is 0.206 e. The molecule has 0 aliphatic heterocycles. The van der Waals surface area contributed by atoms with E-state index in [-0.39, 0.29) is 5.57 Å². The highest BCUT2D eigenvalue weighted by Gasteiger charge is 2.21. The van der Waals surface area contributed by atoms with Gasteiger partial charge >= 0.3 is 0 Å². The number of Topliss-reactive ketones (excluding diaryl/α,β-unsaturated/α-hetero) is 1. The lowest BCUT2D eigenvalue weighted by atomic mass is 9.97. The van der Waals surface area contributed by atoms with Gasteiger partial charge in [-0.2, -0.15) is 0 Å². The van der Waals surface area contributed by atoms with Crippen LogP contribution < -0.4 is 0 Å². The number of carbonyl (C=O) groups is 1. The Kier molecular flexibility index (Phi) is 5.10. The summed E-state index contributed by atoms with van der Waals surface area (Å²) < 4.78 is 0. The summed E-state index contributed by atoms with van der Waals surface area (Å²) in [5.41, 5.74) is 2.01. The third-order valence-electron chi connectivity index (χ3n) is 3.65. The quantitative estimate of drug-likeness (QED) is 0.229. The Balaban J connectivity index is 2.12. The monoisotopic (exact) mass is 326 g/mol. The van der Waals surface area contributed by atoms with Crippen molar-refractivity contribution in [1.29, 1.82) is 0 Å². The number of rotatable bonds is 5. The van der Waals surface area contributed by atoms with Gasteiger partial charge in [-0.25, -0.2) is 9.79 Å². The summed E-state index contributed by atoms with van der Waals surface area (Å²) in [6.07, 6.45) is 0. The standard InChI is InChI=1S/C22H15NO2/c24-16-20(22(25)18-12-6-2-7-13-18)21(17-10-4-1-5-11-17)23-19-14-8-3-9-15-19/h1-15H/i16+1. The Morgan fingerprint density at radius 3 is 1.68 bits per heavy atom. The molecule has 0 aromatic heterocycles. The first-order valence-corrected chi connectivity index (χ1v) is 7.84. The van der Waals surface area contributed by atoms with E-state index in [1.807, 2.05) is 66.7 Å². The molecular weight excluding hydrogens is 311 g/mol. The first-order valence-electron chi connectivity index (χ1n) is 7.84. The normalized spacial score (nSPS) is 10.8. The third-order valence-corrected chi connectivity index (χ3v) is 3.65. The van der Waals surface area contributed by atoms with E-state index in [9.17, 15) is 9.59 Å². The number of ketones is 1. The van der Waals surface area contributed by atoms with Gasteiger partial charge in [-0.3, -0.25) is 4.79 Å². The van der Waals surface area contributed by atoms with Crippen molar-refractivity contribution in [1.82, 2.24) is 0 Å². The summed E-state index contributed by atoms with van der Waals surface area (Å²) in [7, 11) is 0. The molecule has 3 heteroatoms. The van der Waals surface area contributed by atoms with Crippen LogP contribution in [0.1, 0.15) is 15.9 Å². The SMILES string of the molecule is O=[13C]=C(C(=O)c1ccccc1)C(=Nc1ccccc1)c1ccccc1. The summed E-state index contributed by atoms with van der Waals surface area (Å²) >= 11 is 0. The maximum atomic E-state index is 12.8. The highest BCUT2D eigenvalue weighted by molar-refractivity contribution is 6.37. The van der Waals surface area contributed by atoms with Gasteiger partial charge < -0.3 is 0 Å². The second-order valence-electron chi connectivity index (χ2n) is 5.33.